The van der Waals surface area contributed by atoms with Crippen LogP contribution in [0.4, 0.5) is 0 Å². The van der Waals surface area contributed by atoms with Gasteiger partial charge in [0.05, 0.1) is 6.04 Å². The van der Waals surface area contributed by atoms with Gasteiger partial charge in [0.15, 0.2) is 0 Å². The van der Waals surface area contributed by atoms with Crippen molar-refractivity contribution < 1.29 is 4.74 Å². The molecule has 98 valence electrons. The molecule has 4 nitrogen and oxygen atoms in total. The van der Waals surface area contributed by atoms with E-state index in [0.29, 0.717) is 10.7 Å². The minimum absolute atomic E-state index is 0.222. The summed E-state index contributed by atoms with van der Waals surface area (Å²) in [7, 11) is 0. The van der Waals surface area contributed by atoms with Crippen molar-refractivity contribution in [2.75, 3.05) is 6.26 Å². The Morgan fingerprint density at radius 2 is 2.17 bits per heavy atom. The summed E-state index contributed by atoms with van der Waals surface area (Å²) in [5.74, 6) is 0.939. The van der Waals surface area contributed by atoms with Crippen molar-refractivity contribution in [3.8, 4) is 6.01 Å². The van der Waals surface area contributed by atoms with Gasteiger partial charge in [-0.05, 0) is 59.5 Å². The number of rotatable bonds is 4. The first-order chi connectivity index (χ1) is 8.60. The summed E-state index contributed by atoms with van der Waals surface area (Å²) >= 11 is 5.07. The van der Waals surface area contributed by atoms with E-state index in [4.69, 9.17) is 4.74 Å². The van der Waals surface area contributed by atoms with Gasteiger partial charge in [-0.1, -0.05) is 0 Å². The van der Waals surface area contributed by atoms with E-state index in [9.17, 15) is 0 Å². The summed E-state index contributed by atoms with van der Waals surface area (Å²) in [6.07, 6.45) is 8.16. The molecule has 18 heavy (non-hydrogen) atoms. The Bertz CT molecular complexity index is 494. The molecule has 0 aliphatic heterocycles. The van der Waals surface area contributed by atoms with Crippen molar-refractivity contribution >= 4 is 27.7 Å². The lowest BCUT2D eigenvalue weighted by Gasteiger charge is -2.15. The largest absolute Gasteiger partial charge is 0.429 e. The van der Waals surface area contributed by atoms with Crippen LogP contribution >= 0.6 is 27.7 Å². The maximum atomic E-state index is 5.83. The van der Waals surface area contributed by atoms with Crippen molar-refractivity contribution in [2.24, 2.45) is 0 Å². The zero-order valence-electron chi connectivity index (χ0n) is 10.7. The van der Waals surface area contributed by atoms with Crippen molar-refractivity contribution in [1.82, 2.24) is 14.8 Å². The number of hydrogen-bond acceptors (Lipinski definition) is 4. The summed E-state index contributed by atoms with van der Waals surface area (Å²) in [4.78, 5) is 5.63. The summed E-state index contributed by atoms with van der Waals surface area (Å²) < 4.78 is 8.16. The second-order valence-corrected chi connectivity index (χ2v) is 5.92. The van der Waals surface area contributed by atoms with Crippen LogP contribution in [0.2, 0.25) is 0 Å². The molecule has 0 radical (unpaired) electrons. The smallest absolute Gasteiger partial charge is 0.321 e. The first kappa shape index (κ1) is 13.7. The Hall–Kier alpha value is -0.750. The van der Waals surface area contributed by atoms with Crippen LogP contribution in [-0.2, 0) is 0 Å². The quantitative estimate of drug-likeness (QED) is 0.839. The molecule has 0 amide bonds. The van der Waals surface area contributed by atoms with Gasteiger partial charge in [-0.25, -0.2) is 4.68 Å². The maximum absolute atomic E-state index is 5.83. The monoisotopic (exact) mass is 329 g/mol. The lowest BCUT2D eigenvalue weighted by molar-refractivity contribution is 0.329. The predicted molar refractivity (Wildman–Crippen MR) is 77.7 cm³/mol. The summed E-state index contributed by atoms with van der Waals surface area (Å²) in [6, 6.07) is 0.768. The van der Waals surface area contributed by atoms with Crippen LogP contribution in [0.1, 0.15) is 32.7 Å². The molecule has 0 saturated heterocycles. The summed E-state index contributed by atoms with van der Waals surface area (Å²) in [5, 5.41) is 4.26. The third-order valence-electron chi connectivity index (χ3n) is 2.62. The minimum Gasteiger partial charge on any atom is -0.429 e. The van der Waals surface area contributed by atoms with Crippen LogP contribution in [0.15, 0.2) is 27.6 Å². The molecule has 1 aromatic rings. The van der Waals surface area contributed by atoms with Gasteiger partial charge in [0.2, 0.25) is 4.73 Å². The van der Waals surface area contributed by atoms with E-state index in [1.807, 2.05) is 6.08 Å². The fourth-order valence-electron chi connectivity index (χ4n) is 1.66. The molecule has 0 atom stereocenters. The predicted octanol–water partition coefficient (Wildman–Crippen LogP) is 3.92. The average Bonchev–Trinajstić information content (AvgIpc) is 2.71. The molecule has 1 aliphatic carbocycles. The second-order valence-electron chi connectivity index (χ2n) is 4.27. The van der Waals surface area contributed by atoms with Crippen LogP contribution in [0, 0.1) is 0 Å². The SMILES string of the molecule is CSC1=CC=C(Oc2nc(Br)nn2C(C)C)CC1. The van der Waals surface area contributed by atoms with Gasteiger partial charge in [-0.3, -0.25) is 0 Å². The van der Waals surface area contributed by atoms with E-state index < -0.39 is 0 Å². The lowest BCUT2D eigenvalue weighted by atomic mass is 10.1. The summed E-state index contributed by atoms with van der Waals surface area (Å²) in [6.45, 7) is 4.10. The number of aromatic nitrogens is 3. The first-order valence-corrected chi connectivity index (χ1v) is 7.85. The third-order valence-corrected chi connectivity index (χ3v) is 3.82. The van der Waals surface area contributed by atoms with E-state index in [-0.39, 0.29) is 6.04 Å². The topological polar surface area (TPSA) is 39.9 Å². The van der Waals surface area contributed by atoms with Gasteiger partial charge in [-0.15, -0.1) is 16.9 Å². The van der Waals surface area contributed by atoms with Gasteiger partial charge in [0, 0.05) is 6.42 Å². The standard InChI is InChI=1S/C12H16BrN3OS/c1-8(2)16-12(14-11(13)15-16)17-9-4-6-10(18-3)7-5-9/h4,6,8H,5,7H2,1-3H3. The van der Waals surface area contributed by atoms with Crippen LogP contribution in [0.3, 0.4) is 0 Å². The first-order valence-electron chi connectivity index (χ1n) is 5.83. The normalized spacial score (nSPS) is 15.6. The number of allylic oxidation sites excluding steroid dienone is 4. The highest BCUT2D eigenvalue weighted by atomic mass is 79.9. The molecule has 2 rings (SSSR count). The lowest BCUT2D eigenvalue weighted by Crippen LogP contribution is -2.08. The molecule has 0 bridgehead atoms. The van der Waals surface area contributed by atoms with Crippen LogP contribution in [0.25, 0.3) is 0 Å². The number of thioether (sulfide) groups is 1. The molecule has 0 saturated carbocycles. The minimum atomic E-state index is 0.222. The third kappa shape index (κ3) is 3.17. The van der Waals surface area contributed by atoms with Crippen molar-refractivity contribution in [2.45, 2.75) is 32.7 Å². The molecule has 0 aromatic carbocycles. The molecule has 0 fully saturated rings. The number of hydrogen-bond donors (Lipinski definition) is 0. The van der Waals surface area contributed by atoms with Gasteiger partial charge in [0.25, 0.3) is 0 Å². The zero-order chi connectivity index (χ0) is 13.1. The zero-order valence-corrected chi connectivity index (χ0v) is 13.1. The van der Waals surface area contributed by atoms with E-state index in [1.165, 1.54) is 4.91 Å². The average molecular weight is 330 g/mol. The highest BCUT2D eigenvalue weighted by Crippen LogP contribution is 2.27. The Labute approximate surface area is 120 Å². The van der Waals surface area contributed by atoms with Crippen LogP contribution in [0.5, 0.6) is 6.01 Å². The van der Waals surface area contributed by atoms with E-state index in [0.717, 1.165) is 18.6 Å². The molecule has 0 N–H and O–H groups in total. The van der Waals surface area contributed by atoms with E-state index >= 15 is 0 Å². The Balaban J connectivity index is 2.15. The Morgan fingerprint density at radius 1 is 1.39 bits per heavy atom. The van der Waals surface area contributed by atoms with Crippen LogP contribution in [-0.4, -0.2) is 21.0 Å². The fourth-order valence-corrected chi connectivity index (χ4v) is 2.49. The summed E-state index contributed by atoms with van der Waals surface area (Å²) in [5.41, 5.74) is 0. The van der Waals surface area contributed by atoms with Crippen molar-refractivity contribution in [1.29, 1.82) is 0 Å². The molecule has 1 aliphatic rings. The fraction of sp³-hybridized carbons (Fsp3) is 0.500. The Kier molecular flexibility index (Phi) is 4.50. The highest BCUT2D eigenvalue weighted by Gasteiger charge is 2.15. The molecular weight excluding hydrogens is 314 g/mol. The molecule has 0 unspecified atom stereocenters. The van der Waals surface area contributed by atoms with E-state index in [2.05, 4.69) is 52.2 Å². The van der Waals surface area contributed by atoms with Crippen LogP contribution < -0.4 is 4.74 Å². The van der Waals surface area contributed by atoms with Crippen molar-refractivity contribution in [3.63, 3.8) is 0 Å². The molecule has 6 heteroatoms. The van der Waals surface area contributed by atoms with Gasteiger partial charge in [-0.2, -0.15) is 4.98 Å². The number of ether oxygens (including phenoxy) is 1. The number of halogens is 1. The van der Waals surface area contributed by atoms with Crippen molar-refractivity contribution in [3.05, 3.63) is 27.6 Å². The molecule has 1 heterocycles. The van der Waals surface area contributed by atoms with Gasteiger partial charge < -0.3 is 4.74 Å². The number of nitrogens with zero attached hydrogens (tertiary/aromatic N) is 3. The molecular formula is C12H16BrN3OS. The highest BCUT2D eigenvalue weighted by molar-refractivity contribution is 9.10. The Morgan fingerprint density at radius 3 is 2.72 bits per heavy atom. The molecule has 1 aromatic heterocycles. The second kappa shape index (κ2) is 5.93. The molecule has 0 spiro atoms. The van der Waals surface area contributed by atoms with Gasteiger partial charge >= 0.3 is 6.01 Å². The van der Waals surface area contributed by atoms with Gasteiger partial charge in [0.1, 0.15) is 5.76 Å². The van der Waals surface area contributed by atoms with E-state index in [1.54, 1.807) is 16.4 Å². The maximum Gasteiger partial charge on any atom is 0.321 e.